The van der Waals surface area contributed by atoms with Gasteiger partial charge in [0.15, 0.2) is 16.7 Å². The van der Waals surface area contributed by atoms with E-state index in [0.29, 0.717) is 43.0 Å². The largest absolute Gasteiger partial charge is 0.448 e. The molecule has 21 atom stereocenters. The number of aromatic nitrogens is 6. The summed E-state index contributed by atoms with van der Waals surface area (Å²) in [5, 5.41) is 82.2. The third-order valence-electron chi connectivity index (χ3n) is 16.9. The third-order valence-corrected chi connectivity index (χ3v) is 18.4. The first-order chi connectivity index (χ1) is 36.2. The normalized spacial score (nSPS) is 42.1. The van der Waals surface area contributed by atoms with Crippen LogP contribution in [0.2, 0.25) is 0 Å². The van der Waals surface area contributed by atoms with Crippen LogP contribution in [0.5, 0.6) is 0 Å². The zero-order valence-corrected chi connectivity index (χ0v) is 49.0. The first-order valence-corrected chi connectivity index (χ1v) is 28.1. The molecule has 434 valence electrons. The van der Waals surface area contributed by atoms with Gasteiger partial charge in [0, 0.05) is 64.3 Å². The molecule has 5 aliphatic rings. The van der Waals surface area contributed by atoms with Gasteiger partial charge in [-0.1, -0.05) is 29.5 Å². The molecule has 24 heteroatoms. The fraction of sp³-hybridized carbons (Fsp3) is 0.792. The molecule has 0 radical (unpaired) electrons. The van der Waals surface area contributed by atoms with Crippen LogP contribution in [0.25, 0.3) is 5.69 Å². The molecule has 0 amide bonds. The lowest BCUT2D eigenvalue weighted by Gasteiger charge is -2.49. The number of alkyl halides is 2. The summed E-state index contributed by atoms with van der Waals surface area (Å²) in [7, 11) is 6.73. The molecular weight excluding hydrogens is 1120 g/mol. The molecule has 7 heterocycles. The minimum absolute atomic E-state index is 0.0593. The fourth-order valence-electron chi connectivity index (χ4n) is 11.7. The predicted octanol–water partition coefficient (Wildman–Crippen LogP) is 3.21. The molecule has 1 aromatic carbocycles. The van der Waals surface area contributed by atoms with E-state index in [2.05, 4.69) is 25.9 Å². The third kappa shape index (κ3) is 13.7. The number of esters is 1. The maximum Gasteiger partial charge on any atom is 0.312 e. The molecule has 1 unspecified atom stereocenters. The maximum atomic E-state index is 15.0. The Morgan fingerprint density at radius 1 is 0.909 bits per heavy atom. The number of fused-ring (bicyclic) bond motifs is 7. The van der Waals surface area contributed by atoms with E-state index in [-0.39, 0.29) is 25.4 Å². The van der Waals surface area contributed by atoms with Crippen LogP contribution in [0, 0.1) is 17.8 Å². The Hall–Kier alpha value is -2.93. The summed E-state index contributed by atoms with van der Waals surface area (Å²) in [4.78, 5) is 18.5. The van der Waals surface area contributed by atoms with Gasteiger partial charge in [-0.2, -0.15) is 0 Å². The molecular formula is C53H85FIN9O13. The summed E-state index contributed by atoms with van der Waals surface area (Å²) in [6, 6.07) is 5.05. The Balaban J connectivity index is 1.33. The molecule has 0 saturated carbocycles. The Morgan fingerprint density at radius 2 is 1.61 bits per heavy atom. The van der Waals surface area contributed by atoms with Crippen LogP contribution in [0.1, 0.15) is 117 Å². The molecule has 6 N–H and O–H groups in total. The maximum absolute atomic E-state index is 15.0. The summed E-state index contributed by atoms with van der Waals surface area (Å²) >= 11 is 1.83. The fourth-order valence-corrected chi connectivity index (χ4v) is 12.3. The highest BCUT2D eigenvalue weighted by molar-refractivity contribution is 14.1. The molecule has 5 aliphatic heterocycles. The molecule has 3 aromatic rings. The van der Waals surface area contributed by atoms with Gasteiger partial charge in [-0.25, -0.2) is 13.8 Å². The summed E-state index contributed by atoms with van der Waals surface area (Å²) < 4.78 is 61.4. The van der Waals surface area contributed by atoms with Crippen LogP contribution < -0.4 is 5.32 Å². The molecule has 8 rings (SSSR count). The van der Waals surface area contributed by atoms with Crippen molar-refractivity contribution in [1.82, 2.24) is 45.1 Å². The Labute approximate surface area is 465 Å². The van der Waals surface area contributed by atoms with E-state index in [0.717, 1.165) is 5.56 Å². The van der Waals surface area contributed by atoms with E-state index in [1.54, 1.807) is 52.4 Å². The number of rotatable bonds is 5. The lowest BCUT2D eigenvalue weighted by molar-refractivity contribution is -0.318. The number of aliphatic hydroxyl groups excluding tert-OH is 3. The van der Waals surface area contributed by atoms with Crippen LogP contribution in [-0.4, -0.2) is 214 Å². The zero-order valence-electron chi connectivity index (χ0n) is 46.8. The van der Waals surface area contributed by atoms with Crippen molar-refractivity contribution in [3.8, 4) is 5.69 Å². The van der Waals surface area contributed by atoms with E-state index in [4.69, 9.17) is 33.2 Å². The summed E-state index contributed by atoms with van der Waals surface area (Å²) in [6.45, 7) is 15.8. The number of nitrogens with one attached hydrogen (secondary N) is 1. The van der Waals surface area contributed by atoms with Gasteiger partial charge in [-0.3, -0.25) is 4.79 Å². The molecule has 10 bridgehead atoms. The molecule has 0 aliphatic carbocycles. The van der Waals surface area contributed by atoms with Crippen LogP contribution in [0.4, 0.5) is 4.39 Å². The highest BCUT2D eigenvalue weighted by Gasteiger charge is 2.53. The van der Waals surface area contributed by atoms with E-state index in [1.165, 1.54) is 25.8 Å². The monoisotopic (exact) mass is 1200 g/mol. The highest BCUT2D eigenvalue weighted by atomic mass is 127. The van der Waals surface area contributed by atoms with Gasteiger partial charge < -0.3 is 73.8 Å². The number of carbonyl (C=O) groups excluding carboxylic acids is 1. The molecule has 2 aromatic heterocycles. The first kappa shape index (κ1) is 61.7. The zero-order chi connectivity index (χ0) is 56.5. The van der Waals surface area contributed by atoms with Gasteiger partial charge >= 0.3 is 5.97 Å². The molecule has 22 nitrogen and oxygen atoms in total. The van der Waals surface area contributed by atoms with Crippen molar-refractivity contribution in [3.63, 3.8) is 0 Å². The number of cyclic esters (lactones) is 1. The quantitative estimate of drug-likeness (QED) is 0.122. The van der Waals surface area contributed by atoms with Crippen molar-refractivity contribution in [1.29, 1.82) is 0 Å². The Morgan fingerprint density at radius 3 is 2.27 bits per heavy atom. The average Bonchev–Trinajstić information content (AvgIpc) is 4.10. The number of nitrogens with zero attached hydrogens (tertiary/aromatic N) is 8. The number of aliphatic hydroxyl groups is 5. The number of halogens is 2. The summed E-state index contributed by atoms with van der Waals surface area (Å²) in [6.07, 6.45) is -5.84. The average molecular weight is 1200 g/mol. The standard InChI is InChI=1S/C53H85FIN9O13/c1-28-20-39-42(65)49(73-28)76-47-29(2)43(75-41-22-52(8,72-13)46(67)33(6)74-41)30(3)48(68)77-50(55)53(9,70)45(66)32(5)62(11)25-34(21-51(47,7)69)24-56-31(4)38-27-63(60-58-38)37-16-14-35(15-17-37)44(71-12)40(23-54)64-26-36(57-59-64)18-19-61(39)10/h14-17,26-34,39-47,49-50,56,65-67,69-70H,18-25H2,1-13H3/t28-,29+,30-,31?,32-,33+,34+,39+,40-,41+,42-,43+,44-,45-,46+,47-,49+,50+,51-,52-,53+/m1/s1. The van der Waals surface area contributed by atoms with E-state index < -0.39 is 131 Å². The van der Waals surface area contributed by atoms with Gasteiger partial charge in [-0.15, -0.1) is 10.2 Å². The second-order valence-corrected chi connectivity index (χ2v) is 24.1. The molecule has 77 heavy (non-hydrogen) atoms. The van der Waals surface area contributed by atoms with Gasteiger partial charge in [0.05, 0.1) is 70.8 Å². The van der Waals surface area contributed by atoms with Crippen LogP contribution >= 0.6 is 22.6 Å². The smallest absolute Gasteiger partial charge is 0.312 e. The highest BCUT2D eigenvalue weighted by Crippen LogP contribution is 2.41. The lowest BCUT2D eigenvalue weighted by Crippen LogP contribution is -2.61. The number of ether oxygens (including phenoxy) is 7. The van der Waals surface area contributed by atoms with Crippen molar-refractivity contribution in [3.05, 3.63) is 53.6 Å². The number of likely N-dealkylation sites (N-methyl/N-ethyl adjacent to an activating group) is 2. The number of carbonyl (C=O) groups is 1. The SMILES string of the molecule is CO[C@@H]1c2ccc(cc2)-n2cc(nn2)C(C)NC[C@H]2CN(C)[C@H](C)[C@@H](O)[C@](C)(O)[C@@H](I)OC(=O)[C@H](C)[C@@H](O[C@H]3C[C@@](C)(OC)[C@@H](O)[C@H](C)O3)[C@H](C)[C@@H](O[C@@H]3O[C@H](C)C[C@@H]([C@H]3O)N(C)CCc3cn(nn3)[C@@H]1CF)[C@](C)(O)C2. The Kier molecular flexibility index (Phi) is 20.4. The number of methoxy groups -OCH3 is 2. The Bertz CT molecular complexity index is 2370. The molecule has 3 saturated heterocycles. The lowest BCUT2D eigenvalue weighted by atomic mass is 9.77. The van der Waals surface area contributed by atoms with Crippen LogP contribution in [-0.2, 0) is 44.4 Å². The van der Waals surface area contributed by atoms with Crippen LogP contribution in [0.3, 0.4) is 0 Å². The van der Waals surface area contributed by atoms with Crippen molar-refractivity contribution >= 4 is 28.6 Å². The van der Waals surface area contributed by atoms with E-state index in [1.807, 2.05) is 90.8 Å². The molecule has 0 spiro atoms. The molecule has 3 fully saturated rings. The predicted molar refractivity (Wildman–Crippen MR) is 287 cm³/mol. The van der Waals surface area contributed by atoms with Gasteiger partial charge in [-0.05, 0) is 135 Å². The number of hydrogen-bond acceptors (Lipinski definition) is 20. The minimum Gasteiger partial charge on any atom is -0.448 e. The summed E-state index contributed by atoms with van der Waals surface area (Å²) in [5.74, 6) is -3.22. The van der Waals surface area contributed by atoms with Crippen LogP contribution in [0.15, 0.2) is 36.7 Å². The number of benzene rings is 1. The van der Waals surface area contributed by atoms with Gasteiger partial charge in [0.2, 0.25) is 0 Å². The second kappa shape index (κ2) is 25.5. The van der Waals surface area contributed by atoms with Gasteiger partial charge in [0.1, 0.15) is 42.7 Å². The number of hydrogen-bond donors (Lipinski definition) is 6. The van der Waals surface area contributed by atoms with Crippen molar-refractivity contribution < 1.29 is 67.9 Å². The van der Waals surface area contributed by atoms with E-state index >= 15 is 4.39 Å². The summed E-state index contributed by atoms with van der Waals surface area (Å²) in [5.41, 5.74) is -2.17. The van der Waals surface area contributed by atoms with Crippen molar-refractivity contribution in [2.45, 2.75) is 194 Å². The van der Waals surface area contributed by atoms with E-state index in [9.17, 15) is 30.3 Å². The van der Waals surface area contributed by atoms with Gasteiger partial charge in [0.25, 0.3) is 0 Å². The topological polar surface area (TPSA) is 263 Å². The van der Waals surface area contributed by atoms with Crippen molar-refractivity contribution in [2.75, 3.05) is 54.6 Å². The van der Waals surface area contributed by atoms with Crippen molar-refractivity contribution in [2.24, 2.45) is 17.8 Å². The minimum atomic E-state index is -1.94. The second-order valence-electron chi connectivity index (χ2n) is 23.0. The first-order valence-electron chi connectivity index (χ1n) is 26.9.